The van der Waals surface area contributed by atoms with E-state index < -0.39 is 20.7 Å². The van der Waals surface area contributed by atoms with Gasteiger partial charge in [0.1, 0.15) is 0 Å². The van der Waals surface area contributed by atoms with Crippen LogP contribution in [0.4, 0.5) is 0 Å². The van der Waals surface area contributed by atoms with E-state index in [4.69, 9.17) is 11.6 Å². The van der Waals surface area contributed by atoms with Crippen molar-refractivity contribution in [3.63, 3.8) is 0 Å². The number of nitrogens with zero attached hydrogens (tertiary/aromatic N) is 1. The van der Waals surface area contributed by atoms with Crippen molar-refractivity contribution in [3.8, 4) is 0 Å². The van der Waals surface area contributed by atoms with Gasteiger partial charge < -0.3 is 0 Å². The number of hydrogen-bond acceptors (Lipinski definition) is 3. The third-order valence-corrected chi connectivity index (χ3v) is 4.50. The Morgan fingerprint density at radius 3 is 2.46 bits per heavy atom. The van der Waals surface area contributed by atoms with Crippen molar-refractivity contribution in [2.24, 2.45) is 4.40 Å². The van der Waals surface area contributed by atoms with Crippen LogP contribution in [0.25, 0.3) is 0 Å². The van der Waals surface area contributed by atoms with Gasteiger partial charge in [-0.15, -0.1) is 11.6 Å². The first-order valence-electron chi connectivity index (χ1n) is 4.05. The molecule has 0 heterocycles. The van der Waals surface area contributed by atoms with Crippen molar-refractivity contribution in [2.45, 2.75) is 36.3 Å². The number of alkyl halides is 1. The molecule has 1 saturated carbocycles. The van der Waals surface area contributed by atoms with Crippen LogP contribution >= 0.6 is 11.6 Å². The van der Waals surface area contributed by atoms with E-state index in [2.05, 4.69) is 4.40 Å². The highest BCUT2D eigenvalue weighted by Gasteiger charge is 2.34. The van der Waals surface area contributed by atoms with Crippen LogP contribution in [0, 0.1) is 0 Å². The third-order valence-electron chi connectivity index (χ3n) is 2.17. The normalized spacial score (nSPS) is 29.3. The molecule has 0 radical (unpaired) electrons. The van der Waals surface area contributed by atoms with Gasteiger partial charge in [-0.25, -0.2) is 13.2 Å². The van der Waals surface area contributed by atoms with Crippen molar-refractivity contribution in [3.05, 3.63) is 0 Å². The summed E-state index contributed by atoms with van der Waals surface area (Å²) >= 11 is 5.83. The number of isocyanates is 1. The van der Waals surface area contributed by atoms with Gasteiger partial charge in [0, 0.05) is 0 Å². The van der Waals surface area contributed by atoms with Crippen LogP contribution in [0.5, 0.6) is 0 Å². The van der Waals surface area contributed by atoms with Crippen LogP contribution in [-0.2, 0) is 14.8 Å². The SMILES string of the molecule is O=C=NS(=O)(=O)C1CCCCC1Cl. The fourth-order valence-corrected chi connectivity index (χ4v) is 3.39. The summed E-state index contributed by atoms with van der Waals surface area (Å²) < 4.78 is 25.4. The first kappa shape index (κ1) is 10.7. The number of sulfonamides is 1. The second kappa shape index (κ2) is 4.22. The summed E-state index contributed by atoms with van der Waals surface area (Å²) in [6.45, 7) is 0. The van der Waals surface area contributed by atoms with E-state index in [1.165, 1.54) is 0 Å². The molecule has 0 aromatic heterocycles. The summed E-state index contributed by atoms with van der Waals surface area (Å²) in [5, 5.41) is -1.12. The standard InChI is InChI=1S/C7H10ClNO3S/c8-6-3-1-2-4-7(6)13(11,12)9-5-10/h6-7H,1-4H2. The molecule has 0 aromatic carbocycles. The summed E-state index contributed by atoms with van der Waals surface area (Å²) in [4.78, 5) is 9.86. The molecule has 0 bridgehead atoms. The zero-order valence-corrected chi connectivity index (χ0v) is 8.51. The zero-order valence-electron chi connectivity index (χ0n) is 6.94. The Morgan fingerprint density at radius 2 is 1.92 bits per heavy atom. The van der Waals surface area contributed by atoms with Gasteiger partial charge in [0.05, 0.1) is 10.6 Å². The molecular weight excluding hydrogens is 214 g/mol. The zero-order chi connectivity index (χ0) is 9.90. The van der Waals surface area contributed by atoms with Crippen LogP contribution in [0.15, 0.2) is 4.40 Å². The molecule has 1 aliphatic rings. The highest BCUT2D eigenvalue weighted by Crippen LogP contribution is 2.28. The second-order valence-corrected chi connectivity index (χ2v) is 5.42. The van der Waals surface area contributed by atoms with Gasteiger partial charge in [-0.3, -0.25) is 0 Å². The minimum Gasteiger partial charge on any atom is -0.210 e. The maximum absolute atomic E-state index is 11.3. The van der Waals surface area contributed by atoms with Gasteiger partial charge >= 0.3 is 0 Å². The van der Waals surface area contributed by atoms with E-state index in [1.54, 1.807) is 0 Å². The number of rotatable bonds is 2. The molecule has 1 aliphatic carbocycles. The van der Waals surface area contributed by atoms with Gasteiger partial charge in [-0.1, -0.05) is 17.2 Å². The molecule has 0 amide bonds. The second-order valence-electron chi connectivity index (χ2n) is 3.04. The summed E-state index contributed by atoms with van der Waals surface area (Å²) in [5.74, 6) is 0. The Balaban J connectivity index is 2.86. The predicted octanol–water partition coefficient (Wildman–Crippen LogP) is 1.20. The van der Waals surface area contributed by atoms with Crippen molar-refractivity contribution in [2.75, 3.05) is 0 Å². The Kier molecular flexibility index (Phi) is 3.47. The van der Waals surface area contributed by atoms with Gasteiger partial charge in [-0.2, -0.15) is 0 Å². The third kappa shape index (κ3) is 2.53. The first-order valence-corrected chi connectivity index (χ1v) is 5.99. The monoisotopic (exact) mass is 223 g/mol. The fourth-order valence-electron chi connectivity index (χ4n) is 1.51. The molecule has 2 unspecified atom stereocenters. The molecule has 0 spiro atoms. The lowest BCUT2D eigenvalue weighted by Crippen LogP contribution is -2.32. The molecule has 4 nitrogen and oxygen atoms in total. The molecule has 13 heavy (non-hydrogen) atoms. The average Bonchev–Trinajstić information content (AvgIpc) is 2.04. The Morgan fingerprint density at radius 1 is 1.31 bits per heavy atom. The number of hydrogen-bond donors (Lipinski definition) is 0. The van der Waals surface area contributed by atoms with E-state index in [9.17, 15) is 13.2 Å². The maximum Gasteiger partial charge on any atom is 0.267 e. The summed E-state index contributed by atoms with van der Waals surface area (Å²) in [7, 11) is -3.71. The van der Waals surface area contributed by atoms with Crippen LogP contribution in [0.2, 0.25) is 0 Å². The van der Waals surface area contributed by atoms with Gasteiger partial charge in [0.15, 0.2) is 0 Å². The van der Waals surface area contributed by atoms with E-state index in [1.807, 2.05) is 0 Å². The van der Waals surface area contributed by atoms with E-state index in [0.717, 1.165) is 18.9 Å². The van der Waals surface area contributed by atoms with E-state index in [0.29, 0.717) is 12.8 Å². The lowest BCUT2D eigenvalue weighted by molar-refractivity contribution is 0.489. The van der Waals surface area contributed by atoms with Crippen molar-refractivity contribution in [1.82, 2.24) is 0 Å². The van der Waals surface area contributed by atoms with E-state index >= 15 is 0 Å². The maximum atomic E-state index is 11.3. The molecule has 1 fully saturated rings. The highest BCUT2D eigenvalue weighted by atomic mass is 35.5. The Bertz CT molecular complexity index is 321. The Labute approximate surface area is 82.0 Å². The smallest absolute Gasteiger partial charge is 0.210 e. The minimum atomic E-state index is -3.71. The van der Waals surface area contributed by atoms with Crippen molar-refractivity contribution < 1.29 is 13.2 Å². The topological polar surface area (TPSA) is 63.6 Å². The van der Waals surface area contributed by atoms with Crippen LogP contribution in [-0.4, -0.2) is 25.1 Å². The largest absolute Gasteiger partial charge is 0.267 e. The molecular formula is C7H10ClNO3S. The molecule has 0 N–H and O–H groups in total. The van der Waals surface area contributed by atoms with E-state index in [-0.39, 0.29) is 0 Å². The lowest BCUT2D eigenvalue weighted by atomic mass is 10.00. The summed E-state index contributed by atoms with van der Waals surface area (Å²) in [5.41, 5.74) is 0. The van der Waals surface area contributed by atoms with Crippen molar-refractivity contribution >= 4 is 27.7 Å². The molecule has 1 rings (SSSR count). The average molecular weight is 224 g/mol. The van der Waals surface area contributed by atoms with Gasteiger partial charge in [0.2, 0.25) is 0 Å². The van der Waals surface area contributed by atoms with Gasteiger partial charge in [0.25, 0.3) is 16.1 Å². The first-order chi connectivity index (χ1) is 6.08. The molecule has 74 valence electrons. The van der Waals surface area contributed by atoms with Crippen LogP contribution in [0.1, 0.15) is 25.7 Å². The highest BCUT2D eigenvalue weighted by molar-refractivity contribution is 7.90. The lowest BCUT2D eigenvalue weighted by Gasteiger charge is -2.23. The summed E-state index contributed by atoms with van der Waals surface area (Å²) in [6, 6.07) is 0. The molecule has 0 aliphatic heterocycles. The molecule has 2 atom stereocenters. The predicted molar refractivity (Wildman–Crippen MR) is 48.9 cm³/mol. The molecule has 6 heteroatoms. The minimum absolute atomic E-state index is 0.421. The molecule has 0 saturated heterocycles. The van der Waals surface area contributed by atoms with Crippen molar-refractivity contribution in [1.29, 1.82) is 0 Å². The number of carbonyl (C=O) groups excluding carboxylic acids is 1. The van der Waals surface area contributed by atoms with Crippen LogP contribution in [0.3, 0.4) is 0 Å². The Hall–Kier alpha value is -0.380. The number of halogens is 1. The fraction of sp³-hybridized carbons (Fsp3) is 0.857. The molecule has 0 aromatic rings. The summed E-state index contributed by atoms with van der Waals surface area (Å²) in [6.07, 6.45) is 3.96. The quantitative estimate of drug-likeness (QED) is 0.402. The van der Waals surface area contributed by atoms with Crippen LogP contribution < -0.4 is 0 Å². The van der Waals surface area contributed by atoms with Gasteiger partial charge in [-0.05, 0) is 12.8 Å².